The van der Waals surface area contributed by atoms with Crippen LogP contribution in [-0.2, 0) is 0 Å². The molecule has 1 aromatic heterocycles. The van der Waals surface area contributed by atoms with E-state index < -0.39 is 0 Å². The van der Waals surface area contributed by atoms with Gasteiger partial charge in [0.25, 0.3) is 0 Å². The maximum atomic E-state index is 5.14. The SMILES string of the molecule is Cc1cc(C)c2[nH]cnc(=S)c2c1. The van der Waals surface area contributed by atoms with E-state index in [9.17, 15) is 0 Å². The van der Waals surface area contributed by atoms with Crippen LogP contribution in [0.2, 0.25) is 0 Å². The Kier molecular flexibility index (Phi) is 1.88. The Labute approximate surface area is 81.6 Å². The minimum atomic E-state index is 0.667. The monoisotopic (exact) mass is 190 g/mol. The van der Waals surface area contributed by atoms with E-state index in [4.69, 9.17) is 12.2 Å². The van der Waals surface area contributed by atoms with Gasteiger partial charge in [-0.25, -0.2) is 4.98 Å². The van der Waals surface area contributed by atoms with Gasteiger partial charge in [-0.3, -0.25) is 0 Å². The van der Waals surface area contributed by atoms with Gasteiger partial charge < -0.3 is 4.98 Å². The van der Waals surface area contributed by atoms with E-state index in [1.165, 1.54) is 11.1 Å². The highest BCUT2D eigenvalue weighted by molar-refractivity contribution is 7.71. The lowest BCUT2D eigenvalue weighted by Gasteiger charge is -2.02. The molecular weight excluding hydrogens is 180 g/mol. The molecule has 1 aromatic carbocycles. The second-order valence-corrected chi connectivity index (χ2v) is 3.60. The third-order valence-electron chi connectivity index (χ3n) is 2.10. The van der Waals surface area contributed by atoms with Crippen molar-refractivity contribution in [3.63, 3.8) is 0 Å². The molecule has 1 heterocycles. The van der Waals surface area contributed by atoms with E-state index in [1.807, 2.05) is 0 Å². The van der Waals surface area contributed by atoms with E-state index in [0.717, 1.165) is 10.9 Å². The molecule has 0 radical (unpaired) electrons. The third-order valence-corrected chi connectivity index (χ3v) is 2.43. The van der Waals surface area contributed by atoms with Crippen molar-refractivity contribution in [2.24, 2.45) is 0 Å². The number of nitrogens with one attached hydrogen (secondary N) is 1. The van der Waals surface area contributed by atoms with Crippen LogP contribution in [0.5, 0.6) is 0 Å². The molecule has 0 aliphatic carbocycles. The fourth-order valence-corrected chi connectivity index (χ4v) is 1.77. The first-order valence-electron chi connectivity index (χ1n) is 4.13. The van der Waals surface area contributed by atoms with E-state index in [0.29, 0.717) is 4.64 Å². The fourth-order valence-electron chi connectivity index (χ4n) is 1.55. The van der Waals surface area contributed by atoms with Crippen LogP contribution in [0.4, 0.5) is 0 Å². The number of aromatic nitrogens is 2. The number of aryl methyl sites for hydroxylation is 2. The Balaban J connectivity index is 3.03. The number of benzene rings is 1. The summed E-state index contributed by atoms with van der Waals surface area (Å²) in [6, 6.07) is 4.20. The van der Waals surface area contributed by atoms with Crippen molar-refractivity contribution < 1.29 is 0 Å². The molecule has 0 atom stereocenters. The van der Waals surface area contributed by atoms with Crippen molar-refractivity contribution in [2.45, 2.75) is 13.8 Å². The number of rotatable bonds is 0. The van der Waals surface area contributed by atoms with Crippen molar-refractivity contribution >= 4 is 23.1 Å². The zero-order valence-electron chi connectivity index (χ0n) is 7.59. The molecule has 1 N–H and O–H groups in total. The summed E-state index contributed by atoms with van der Waals surface area (Å²) in [4.78, 5) is 7.16. The predicted octanol–water partition coefficient (Wildman–Crippen LogP) is 2.91. The molecule has 3 heteroatoms. The predicted molar refractivity (Wildman–Crippen MR) is 56.4 cm³/mol. The van der Waals surface area contributed by atoms with Gasteiger partial charge >= 0.3 is 0 Å². The van der Waals surface area contributed by atoms with Crippen molar-refractivity contribution in [3.05, 3.63) is 34.2 Å². The molecule has 0 fully saturated rings. The summed E-state index contributed by atoms with van der Waals surface area (Å²) in [6.45, 7) is 4.13. The Morgan fingerprint density at radius 3 is 2.85 bits per heavy atom. The van der Waals surface area contributed by atoms with Gasteiger partial charge in [-0.15, -0.1) is 0 Å². The van der Waals surface area contributed by atoms with E-state index >= 15 is 0 Å². The van der Waals surface area contributed by atoms with Gasteiger partial charge in [0, 0.05) is 5.39 Å². The van der Waals surface area contributed by atoms with Crippen LogP contribution in [0.15, 0.2) is 18.5 Å². The minimum Gasteiger partial charge on any atom is -0.346 e. The highest BCUT2D eigenvalue weighted by Gasteiger charge is 1.99. The molecular formula is C10H10N2S. The van der Waals surface area contributed by atoms with E-state index in [1.54, 1.807) is 6.33 Å². The maximum Gasteiger partial charge on any atom is 0.137 e. The standard InChI is InChI=1S/C10H10N2S/c1-6-3-7(2)9-8(4-6)10(13)12-5-11-9/h3-5H,1-2H3,(H,11,12,13). The lowest BCUT2D eigenvalue weighted by Crippen LogP contribution is -1.87. The number of hydrogen-bond acceptors (Lipinski definition) is 2. The third kappa shape index (κ3) is 1.35. The minimum absolute atomic E-state index is 0.667. The molecule has 2 nitrogen and oxygen atoms in total. The van der Waals surface area contributed by atoms with Crippen LogP contribution in [0.3, 0.4) is 0 Å². The molecule has 0 saturated carbocycles. The van der Waals surface area contributed by atoms with Gasteiger partial charge in [0.05, 0.1) is 11.8 Å². The van der Waals surface area contributed by atoms with Gasteiger partial charge in [-0.1, -0.05) is 23.8 Å². The largest absolute Gasteiger partial charge is 0.346 e. The van der Waals surface area contributed by atoms with Crippen molar-refractivity contribution in [3.8, 4) is 0 Å². The van der Waals surface area contributed by atoms with Crippen LogP contribution in [0.25, 0.3) is 10.9 Å². The molecule has 0 amide bonds. The molecule has 0 aliphatic rings. The Bertz CT molecular complexity index is 514. The number of aromatic amines is 1. The van der Waals surface area contributed by atoms with Gasteiger partial charge in [0.1, 0.15) is 4.64 Å². The van der Waals surface area contributed by atoms with Gasteiger partial charge in [0.15, 0.2) is 0 Å². The van der Waals surface area contributed by atoms with Gasteiger partial charge in [-0.05, 0) is 25.5 Å². The Morgan fingerprint density at radius 1 is 1.31 bits per heavy atom. The first kappa shape index (κ1) is 8.38. The fraction of sp³-hybridized carbons (Fsp3) is 0.200. The molecule has 0 aliphatic heterocycles. The molecule has 2 rings (SSSR count). The lowest BCUT2D eigenvalue weighted by atomic mass is 10.1. The lowest BCUT2D eigenvalue weighted by molar-refractivity contribution is 1.19. The Hall–Kier alpha value is -1.22. The van der Waals surface area contributed by atoms with Gasteiger partial charge in [-0.2, -0.15) is 0 Å². The summed E-state index contributed by atoms with van der Waals surface area (Å²) in [5.74, 6) is 0. The van der Waals surface area contributed by atoms with Crippen molar-refractivity contribution in [1.29, 1.82) is 0 Å². The molecule has 0 bridgehead atoms. The van der Waals surface area contributed by atoms with Crippen LogP contribution >= 0.6 is 12.2 Å². The maximum absolute atomic E-state index is 5.14. The smallest absolute Gasteiger partial charge is 0.137 e. The molecule has 0 spiro atoms. The summed E-state index contributed by atoms with van der Waals surface area (Å²) in [5, 5.41) is 1.04. The molecule has 2 aromatic rings. The van der Waals surface area contributed by atoms with Crippen LogP contribution < -0.4 is 0 Å². The van der Waals surface area contributed by atoms with Gasteiger partial charge in [0.2, 0.25) is 0 Å². The highest BCUT2D eigenvalue weighted by atomic mass is 32.1. The highest BCUT2D eigenvalue weighted by Crippen LogP contribution is 2.17. The van der Waals surface area contributed by atoms with Crippen LogP contribution in [-0.4, -0.2) is 9.97 Å². The zero-order valence-corrected chi connectivity index (χ0v) is 8.40. The summed E-state index contributed by atoms with van der Waals surface area (Å²) in [6.07, 6.45) is 1.65. The van der Waals surface area contributed by atoms with Crippen LogP contribution in [0, 0.1) is 18.5 Å². The normalized spacial score (nSPS) is 10.6. The Morgan fingerprint density at radius 2 is 2.08 bits per heavy atom. The summed E-state index contributed by atoms with van der Waals surface area (Å²) in [7, 11) is 0. The van der Waals surface area contributed by atoms with E-state index in [2.05, 4.69) is 35.9 Å². The van der Waals surface area contributed by atoms with Crippen molar-refractivity contribution in [1.82, 2.24) is 9.97 Å². The first-order valence-corrected chi connectivity index (χ1v) is 4.54. The van der Waals surface area contributed by atoms with Crippen LogP contribution in [0.1, 0.15) is 11.1 Å². The number of fused-ring (bicyclic) bond motifs is 1. The molecule has 66 valence electrons. The average molecular weight is 190 g/mol. The summed E-state index contributed by atoms with van der Waals surface area (Å²) >= 11 is 5.14. The summed E-state index contributed by atoms with van der Waals surface area (Å²) < 4.78 is 0.667. The van der Waals surface area contributed by atoms with Crippen molar-refractivity contribution in [2.75, 3.05) is 0 Å². The topological polar surface area (TPSA) is 28.7 Å². The molecule has 13 heavy (non-hydrogen) atoms. The number of H-pyrrole nitrogens is 1. The zero-order chi connectivity index (χ0) is 9.42. The summed E-state index contributed by atoms with van der Waals surface area (Å²) in [5.41, 5.74) is 3.52. The quantitative estimate of drug-likeness (QED) is 0.647. The second-order valence-electron chi connectivity index (χ2n) is 3.21. The molecule has 0 unspecified atom stereocenters. The average Bonchev–Trinajstić information content (AvgIpc) is 2.07. The second kappa shape index (κ2) is 2.92. The number of hydrogen-bond donors (Lipinski definition) is 1. The first-order chi connectivity index (χ1) is 6.18. The number of nitrogens with zero attached hydrogens (tertiary/aromatic N) is 1. The molecule has 0 saturated heterocycles. The van der Waals surface area contributed by atoms with E-state index in [-0.39, 0.29) is 0 Å².